The fraction of sp³-hybridized carbons (Fsp3) is 0.400. The number of anilines is 1. The third-order valence-corrected chi connectivity index (χ3v) is 10.6. The Morgan fingerprint density at radius 2 is 1.85 bits per heavy atom. The number of hydrogen-bond donors (Lipinski definition) is 1. The lowest BCUT2D eigenvalue weighted by atomic mass is 9.51. The molecule has 0 bridgehead atoms. The average molecular weight is 693 g/mol. The number of methoxy groups -OCH3 is 1. The smallest absolute Gasteiger partial charge is 0.241 e. The van der Waals surface area contributed by atoms with E-state index in [0.29, 0.717) is 15.6 Å². The van der Waals surface area contributed by atoms with Gasteiger partial charge in [-0.2, -0.15) is 0 Å². The number of carbonyl (C=O) groups excluding carboxylic acids is 4. The summed E-state index contributed by atoms with van der Waals surface area (Å²) in [5.74, 6) is -4.99. The highest BCUT2D eigenvalue weighted by Gasteiger charge is 2.67. The number of rotatable bonds is 4. The summed E-state index contributed by atoms with van der Waals surface area (Å²) in [7, 11) is 1.43. The average Bonchev–Trinajstić information content (AvgIpc) is 3.31. The number of imide groups is 2. The summed E-state index contributed by atoms with van der Waals surface area (Å²) < 4.78 is 19.9. The lowest BCUT2D eigenvalue weighted by Crippen LogP contribution is -2.48. The van der Waals surface area contributed by atoms with E-state index in [1.165, 1.54) is 24.1 Å². The number of carbonyl (C=O) groups is 4. The number of amides is 4. The second-order valence-electron chi connectivity index (χ2n) is 11.2. The number of nitrogens with zero attached hydrogens (tertiary/aromatic N) is 2. The molecule has 6 rings (SSSR count). The van der Waals surface area contributed by atoms with Gasteiger partial charge in [-0.05, 0) is 91.1 Å². The normalized spacial score (nSPS) is 30.8. The molecule has 2 aromatic rings. The molecular weight excluding hydrogens is 666 g/mol. The van der Waals surface area contributed by atoms with Gasteiger partial charge in [0.15, 0.2) is 11.5 Å². The van der Waals surface area contributed by atoms with Gasteiger partial charge in [-0.25, -0.2) is 9.29 Å². The number of allylic oxidation sites excluding steroid dienone is 2. The summed E-state index contributed by atoms with van der Waals surface area (Å²) in [4.78, 5) is 57.6. The first-order valence-corrected chi connectivity index (χ1v) is 14.9. The number of phenolic OH excluding ortho intramolecular Hbond substituents is 1. The molecule has 2 aliphatic carbocycles. The molecule has 0 aromatic heterocycles. The van der Waals surface area contributed by atoms with Crippen molar-refractivity contribution in [1.29, 1.82) is 0 Å². The van der Waals surface area contributed by atoms with E-state index in [4.69, 9.17) is 16.3 Å². The molecule has 4 amide bonds. The molecule has 2 aliphatic heterocycles. The second-order valence-corrected chi connectivity index (χ2v) is 12.8. The highest BCUT2D eigenvalue weighted by molar-refractivity contribution is 14.1. The molecule has 4 aliphatic rings. The van der Waals surface area contributed by atoms with E-state index in [-0.39, 0.29) is 47.0 Å². The van der Waals surface area contributed by atoms with Crippen molar-refractivity contribution in [3.05, 3.63) is 62.0 Å². The zero-order valence-corrected chi connectivity index (χ0v) is 25.4. The molecule has 8 nitrogen and oxygen atoms in total. The zero-order chi connectivity index (χ0) is 29.5. The summed E-state index contributed by atoms with van der Waals surface area (Å²) in [6.45, 7) is 3.78. The maximum absolute atomic E-state index is 14.4. The summed E-state index contributed by atoms with van der Waals surface area (Å²) in [5.41, 5.74) is 0.356. The standard InChI is InChI=1S/C30H27ClFIN2O6/c1-4-34-26(37)16-7-6-15-17(23(16)28(34)39)12-18-27(38)35(14-5-8-20(32)19(31)11-14)29(40)30(18,2)24(15)13-9-21(33)25(36)22(10-13)41-3/h5-6,8-11,16-18,23-24,36H,4,7,12H2,1-3H3/t16-,17+,18-,23-,24-,30+/m0/s1. The summed E-state index contributed by atoms with van der Waals surface area (Å²) in [5, 5.41) is 10.4. The molecule has 3 fully saturated rings. The van der Waals surface area contributed by atoms with Gasteiger partial charge in [0, 0.05) is 12.5 Å². The van der Waals surface area contributed by atoms with Crippen LogP contribution in [0.15, 0.2) is 42.0 Å². The summed E-state index contributed by atoms with van der Waals surface area (Å²) >= 11 is 8.02. The van der Waals surface area contributed by atoms with Crippen molar-refractivity contribution >= 4 is 63.5 Å². The van der Waals surface area contributed by atoms with Crippen molar-refractivity contribution < 1.29 is 33.4 Å². The molecule has 11 heteroatoms. The zero-order valence-electron chi connectivity index (χ0n) is 22.5. The van der Waals surface area contributed by atoms with Gasteiger partial charge in [0.05, 0.1) is 44.6 Å². The van der Waals surface area contributed by atoms with Crippen LogP contribution in [0.4, 0.5) is 10.1 Å². The molecule has 2 saturated heterocycles. The third kappa shape index (κ3) is 3.82. The molecule has 0 unspecified atom stereocenters. The number of hydrogen-bond acceptors (Lipinski definition) is 6. The monoisotopic (exact) mass is 692 g/mol. The Morgan fingerprint density at radius 3 is 2.51 bits per heavy atom. The summed E-state index contributed by atoms with van der Waals surface area (Å²) in [6, 6.07) is 7.14. The number of ether oxygens (including phenoxy) is 1. The number of aromatic hydroxyl groups is 1. The highest BCUT2D eigenvalue weighted by atomic mass is 127. The topological polar surface area (TPSA) is 104 Å². The van der Waals surface area contributed by atoms with E-state index >= 15 is 0 Å². The van der Waals surface area contributed by atoms with E-state index in [1.54, 1.807) is 26.0 Å². The Bertz CT molecular complexity index is 1580. The largest absolute Gasteiger partial charge is 0.504 e. The van der Waals surface area contributed by atoms with Crippen molar-refractivity contribution in [2.24, 2.45) is 29.1 Å². The first kappa shape index (κ1) is 28.1. The number of halogens is 3. The van der Waals surface area contributed by atoms with Crippen molar-refractivity contribution in [2.45, 2.75) is 32.6 Å². The van der Waals surface area contributed by atoms with Crippen LogP contribution >= 0.6 is 34.2 Å². The fourth-order valence-corrected chi connectivity index (χ4v) is 8.36. The van der Waals surface area contributed by atoms with Gasteiger partial charge in [-0.1, -0.05) is 23.3 Å². The Hall–Kier alpha value is -2.99. The van der Waals surface area contributed by atoms with Crippen LogP contribution in [0.25, 0.3) is 0 Å². The lowest BCUT2D eigenvalue weighted by Gasteiger charge is -2.49. The third-order valence-electron chi connectivity index (χ3n) is 9.45. The molecule has 1 N–H and O–H groups in total. The van der Waals surface area contributed by atoms with Gasteiger partial charge in [0.1, 0.15) is 5.82 Å². The lowest BCUT2D eigenvalue weighted by molar-refractivity contribution is -0.140. The number of likely N-dealkylation sites (tertiary alicyclic amines) is 1. The Labute approximate surface area is 254 Å². The molecule has 214 valence electrons. The van der Waals surface area contributed by atoms with Gasteiger partial charge in [0.25, 0.3) is 0 Å². The van der Waals surface area contributed by atoms with Crippen LogP contribution in [0.2, 0.25) is 5.02 Å². The number of phenols is 1. The minimum absolute atomic E-state index is 0.0461. The van der Waals surface area contributed by atoms with E-state index in [0.717, 1.165) is 16.5 Å². The van der Waals surface area contributed by atoms with Crippen LogP contribution in [-0.2, 0) is 19.2 Å². The van der Waals surface area contributed by atoms with Gasteiger partial charge >= 0.3 is 0 Å². The minimum Gasteiger partial charge on any atom is -0.504 e. The van der Waals surface area contributed by atoms with Gasteiger partial charge in [-0.15, -0.1) is 0 Å². The van der Waals surface area contributed by atoms with E-state index < -0.39 is 52.6 Å². The minimum atomic E-state index is -1.28. The van der Waals surface area contributed by atoms with Crippen molar-refractivity contribution in [3.8, 4) is 11.5 Å². The van der Waals surface area contributed by atoms with Crippen LogP contribution in [0, 0.1) is 38.5 Å². The van der Waals surface area contributed by atoms with E-state index in [2.05, 4.69) is 0 Å². The molecule has 41 heavy (non-hydrogen) atoms. The first-order valence-electron chi connectivity index (χ1n) is 13.4. The highest BCUT2D eigenvalue weighted by Crippen LogP contribution is 2.64. The van der Waals surface area contributed by atoms with Crippen LogP contribution < -0.4 is 9.64 Å². The molecule has 2 heterocycles. The van der Waals surface area contributed by atoms with Crippen molar-refractivity contribution in [2.75, 3.05) is 18.6 Å². The van der Waals surface area contributed by atoms with Crippen LogP contribution in [-0.4, -0.2) is 47.3 Å². The SMILES string of the molecule is CCN1C(=O)[C@H]2[C@H](CC=C3[C@H]2C[C@H]2C(=O)N(c4ccc(F)c(Cl)c4)C(=O)[C@@]2(C)[C@H]3c2cc(I)c(O)c(OC)c2)C1=O. The molecule has 0 radical (unpaired) electrons. The second kappa shape index (κ2) is 9.79. The fourth-order valence-electron chi connectivity index (χ4n) is 7.56. The number of benzene rings is 2. The quantitative estimate of drug-likeness (QED) is 0.274. The first-order chi connectivity index (χ1) is 19.4. The van der Waals surface area contributed by atoms with Crippen LogP contribution in [0.1, 0.15) is 38.2 Å². The summed E-state index contributed by atoms with van der Waals surface area (Å²) in [6.07, 6.45) is 2.52. The molecule has 2 aromatic carbocycles. The van der Waals surface area contributed by atoms with Gasteiger partial charge in [-0.3, -0.25) is 24.1 Å². The maximum Gasteiger partial charge on any atom is 0.241 e. The van der Waals surface area contributed by atoms with Gasteiger partial charge < -0.3 is 9.84 Å². The predicted octanol–water partition coefficient (Wildman–Crippen LogP) is 5.05. The Balaban J connectivity index is 1.56. The van der Waals surface area contributed by atoms with Crippen molar-refractivity contribution in [1.82, 2.24) is 4.90 Å². The van der Waals surface area contributed by atoms with E-state index in [1.807, 2.05) is 28.7 Å². The maximum atomic E-state index is 14.4. The Morgan fingerprint density at radius 1 is 1.12 bits per heavy atom. The predicted molar refractivity (Wildman–Crippen MR) is 156 cm³/mol. The van der Waals surface area contributed by atoms with Gasteiger partial charge in [0.2, 0.25) is 23.6 Å². The Kier molecular flexibility index (Phi) is 6.72. The van der Waals surface area contributed by atoms with E-state index in [9.17, 15) is 28.7 Å². The molecule has 0 spiro atoms. The van der Waals surface area contributed by atoms with Crippen molar-refractivity contribution in [3.63, 3.8) is 0 Å². The molecule has 1 saturated carbocycles. The molecule has 6 atom stereocenters. The van der Waals surface area contributed by atoms with Crippen LogP contribution in [0.3, 0.4) is 0 Å². The molecular formula is C30H27ClFIN2O6. The number of fused-ring (bicyclic) bond motifs is 4. The van der Waals surface area contributed by atoms with Crippen LogP contribution in [0.5, 0.6) is 11.5 Å².